The molecule has 0 unspecified atom stereocenters. The number of hydrogen-bond donors (Lipinski definition) is 0. The van der Waals surface area contributed by atoms with Crippen LogP contribution in [0.3, 0.4) is 0 Å². The van der Waals surface area contributed by atoms with Crippen molar-refractivity contribution >= 4 is 21.8 Å². The Morgan fingerprint density at radius 2 is 1.02 bits per heavy atom. The molecule has 51 heavy (non-hydrogen) atoms. The number of hydrogen-bond acceptors (Lipinski definition) is 0. The van der Waals surface area contributed by atoms with Crippen molar-refractivity contribution in [3.8, 4) is 39.1 Å². The van der Waals surface area contributed by atoms with Crippen LogP contribution in [-0.4, -0.2) is 4.57 Å². The van der Waals surface area contributed by atoms with Crippen LogP contribution in [0.1, 0.15) is 73.6 Å². The van der Waals surface area contributed by atoms with Crippen molar-refractivity contribution in [1.82, 2.24) is 4.57 Å². The average molecular weight is 654 g/mol. The van der Waals surface area contributed by atoms with E-state index in [0.29, 0.717) is 0 Å². The summed E-state index contributed by atoms with van der Waals surface area (Å²) in [5.74, 6) is 0. The van der Waals surface area contributed by atoms with Crippen molar-refractivity contribution in [3.05, 3.63) is 185 Å². The fraction of sp³-hybridized carbons (Fsp3) is 0.160. The number of nitrogens with zero attached hydrogens (tertiary/aromatic N) is 1. The van der Waals surface area contributed by atoms with Gasteiger partial charge in [0.1, 0.15) is 0 Å². The fourth-order valence-electron chi connectivity index (χ4n) is 10.5. The maximum absolute atomic E-state index is 2.61. The Kier molecular flexibility index (Phi) is 5.46. The van der Waals surface area contributed by atoms with Gasteiger partial charge in [0.2, 0.25) is 0 Å². The second-order valence-corrected chi connectivity index (χ2v) is 16.5. The summed E-state index contributed by atoms with van der Waals surface area (Å²) in [6.07, 6.45) is 0. The van der Waals surface area contributed by atoms with Gasteiger partial charge in [0.25, 0.3) is 0 Å². The third-order valence-corrected chi connectivity index (χ3v) is 12.5. The molecule has 3 aliphatic rings. The molecule has 0 N–H and O–H groups in total. The van der Waals surface area contributed by atoms with Gasteiger partial charge >= 0.3 is 0 Å². The van der Waals surface area contributed by atoms with E-state index in [-0.39, 0.29) is 16.2 Å². The highest BCUT2D eigenvalue weighted by atomic mass is 15.0. The maximum Gasteiger partial charge on any atom is 0.0726 e. The van der Waals surface area contributed by atoms with E-state index in [1.165, 1.54) is 99.8 Å². The van der Waals surface area contributed by atoms with Crippen LogP contribution in [0, 0.1) is 0 Å². The van der Waals surface area contributed by atoms with Crippen LogP contribution in [0.25, 0.3) is 60.9 Å². The fourth-order valence-corrected chi connectivity index (χ4v) is 10.5. The van der Waals surface area contributed by atoms with Crippen molar-refractivity contribution in [1.29, 1.82) is 0 Å². The van der Waals surface area contributed by atoms with Gasteiger partial charge in [-0.15, -0.1) is 0 Å². The monoisotopic (exact) mass is 653 g/mol. The number of rotatable bonds is 1. The molecule has 7 aromatic carbocycles. The molecule has 0 aliphatic heterocycles. The van der Waals surface area contributed by atoms with Gasteiger partial charge < -0.3 is 4.57 Å². The topological polar surface area (TPSA) is 4.93 Å². The van der Waals surface area contributed by atoms with Crippen LogP contribution in [0.5, 0.6) is 0 Å². The normalized spacial score (nSPS) is 15.5. The lowest BCUT2D eigenvalue weighted by atomic mass is 9.70. The molecule has 0 bridgehead atoms. The second kappa shape index (κ2) is 9.56. The summed E-state index contributed by atoms with van der Waals surface area (Å²) in [6, 6.07) is 55.6. The molecular formula is C50H39N. The first kappa shape index (κ1) is 29.1. The first-order valence-corrected chi connectivity index (χ1v) is 18.4. The second-order valence-electron chi connectivity index (χ2n) is 16.5. The Morgan fingerprint density at radius 3 is 1.67 bits per heavy atom. The van der Waals surface area contributed by atoms with E-state index in [0.717, 1.165) is 0 Å². The van der Waals surface area contributed by atoms with Gasteiger partial charge in [0.15, 0.2) is 0 Å². The van der Waals surface area contributed by atoms with E-state index in [4.69, 9.17) is 0 Å². The van der Waals surface area contributed by atoms with Crippen molar-refractivity contribution in [2.24, 2.45) is 0 Å². The van der Waals surface area contributed by atoms with Crippen molar-refractivity contribution in [2.75, 3.05) is 0 Å². The highest BCUT2D eigenvalue weighted by Crippen LogP contribution is 2.64. The van der Waals surface area contributed by atoms with Crippen LogP contribution in [0.2, 0.25) is 0 Å². The average Bonchev–Trinajstić information content (AvgIpc) is 3.82. The van der Waals surface area contributed by atoms with Crippen LogP contribution in [0.15, 0.2) is 146 Å². The van der Waals surface area contributed by atoms with E-state index in [1.807, 2.05) is 0 Å². The summed E-state index contributed by atoms with van der Waals surface area (Å²) >= 11 is 0. The zero-order valence-corrected chi connectivity index (χ0v) is 29.8. The lowest BCUT2D eigenvalue weighted by Crippen LogP contribution is -2.25. The molecule has 0 atom stereocenters. The lowest BCUT2D eigenvalue weighted by Gasteiger charge is -2.30. The van der Waals surface area contributed by atoms with Crippen LogP contribution in [-0.2, 0) is 16.2 Å². The molecule has 0 saturated carbocycles. The molecule has 1 heterocycles. The van der Waals surface area contributed by atoms with Gasteiger partial charge in [-0.3, -0.25) is 0 Å². The summed E-state index contributed by atoms with van der Waals surface area (Å²) in [5, 5.41) is 2.68. The van der Waals surface area contributed by atoms with E-state index in [1.54, 1.807) is 0 Å². The quantitative estimate of drug-likeness (QED) is 0.166. The molecule has 0 amide bonds. The molecule has 1 spiro atoms. The molecule has 8 aromatic rings. The third-order valence-electron chi connectivity index (χ3n) is 12.5. The summed E-state index contributed by atoms with van der Waals surface area (Å²) < 4.78 is 2.61. The van der Waals surface area contributed by atoms with Gasteiger partial charge in [-0.2, -0.15) is 0 Å². The smallest absolute Gasteiger partial charge is 0.0726 e. The van der Waals surface area contributed by atoms with E-state index >= 15 is 0 Å². The molecular weight excluding hydrogens is 615 g/mol. The molecule has 1 aromatic heterocycles. The standard InChI is InChI=1S/C50H39N/c1-48(2,3)41-23-14-24-44-45(41)36-27-28-42-46(47(36)51(44)30-25-26-34-31-15-6-10-19-37(31)49(4,5)43(34)29-30)35-18-9-13-22-40(35)50(42)38-20-11-7-16-32(38)33-17-8-12-21-39(33)50/h6-29H,1-5H3. The number of benzene rings is 7. The van der Waals surface area contributed by atoms with Gasteiger partial charge in [0.05, 0.1) is 16.4 Å². The summed E-state index contributed by atoms with van der Waals surface area (Å²) in [7, 11) is 0. The van der Waals surface area contributed by atoms with Crippen LogP contribution < -0.4 is 0 Å². The Bertz CT molecular complexity index is 2770. The first-order valence-electron chi connectivity index (χ1n) is 18.4. The number of aromatic nitrogens is 1. The molecule has 3 aliphatic carbocycles. The van der Waals surface area contributed by atoms with Crippen molar-refractivity contribution in [2.45, 2.75) is 50.9 Å². The highest BCUT2D eigenvalue weighted by molar-refractivity contribution is 6.18. The predicted octanol–water partition coefficient (Wildman–Crippen LogP) is 12.7. The summed E-state index contributed by atoms with van der Waals surface area (Å²) in [5.41, 5.74) is 21.1. The zero-order chi connectivity index (χ0) is 34.4. The van der Waals surface area contributed by atoms with E-state index < -0.39 is 0 Å². The van der Waals surface area contributed by atoms with Crippen molar-refractivity contribution in [3.63, 3.8) is 0 Å². The van der Waals surface area contributed by atoms with E-state index in [2.05, 4.69) is 185 Å². The largest absolute Gasteiger partial charge is 0.309 e. The minimum Gasteiger partial charge on any atom is -0.309 e. The Hall–Kier alpha value is -5.66. The minimum atomic E-state index is -0.386. The minimum absolute atomic E-state index is 0.0261. The molecule has 244 valence electrons. The lowest BCUT2D eigenvalue weighted by molar-refractivity contribution is 0.596. The molecule has 0 radical (unpaired) electrons. The zero-order valence-electron chi connectivity index (χ0n) is 29.8. The molecule has 1 heteroatoms. The third kappa shape index (κ3) is 3.43. The molecule has 1 nitrogen and oxygen atoms in total. The van der Waals surface area contributed by atoms with Crippen LogP contribution in [0.4, 0.5) is 0 Å². The Morgan fingerprint density at radius 1 is 0.471 bits per heavy atom. The molecule has 0 fully saturated rings. The van der Waals surface area contributed by atoms with Gasteiger partial charge in [-0.1, -0.05) is 162 Å². The molecule has 0 saturated heterocycles. The number of fused-ring (bicyclic) bond motifs is 17. The predicted molar refractivity (Wildman–Crippen MR) is 213 cm³/mol. The van der Waals surface area contributed by atoms with Gasteiger partial charge in [0, 0.05) is 27.4 Å². The Labute approximate surface area is 299 Å². The van der Waals surface area contributed by atoms with Gasteiger partial charge in [-0.05, 0) is 90.4 Å². The Balaban J connectivity index is 1.32. The van der Waals surface area contributed by atoms with Crippen LogP contribution >= 0.6 is 0 Å². The SMILES string of the molecule is CC(C)(C)c1cccc2c1c1ccc3c(c1n2-c1ccc2c(c1)C(C)(C)c1ccccc1-2)-c1ccccc1C31c2ccccc2-c2ccccc21. The maximum atomic E-state index is 2.61. The molecule has 11 rings (SSSR count). The van der Waals surface area contributed by atoms with Gasteiger partial charge in [-0.25, -0.2) is 0 Å². The first-order chi connectivity index (χ1) is 24.7. The van der Waals surface area contributed by atoms with Crippen molar-refractivity contribution < 1.29 is 0 Å². The summed E-state index contributed by atoms with van der Waals surface area (Å²) in [6.45, 7) is 11.8. The highest BCUT2D eigenvalue weighted by Gasteiger charge is 2.52. The van der Waals surface area contributed by atoms with E-state index in [9.17, 15) is 0 Å². The summed E-state index contributed by atoms with van der Waals surface area (Å²) in [4.78, 5) is 0.